The number of amides is 13. The molecule has 0 aromatic heterocycles. The Balaban J connectivity index is 0.00000923. The summed E-state index contributed by atoms with van der Waals surface area (Å²) in [7, 11) is 0. The molecule has 3 aliphatic rings. The number of rotatable bonds is 53. The Labute approximate surface area is 707 Å². The zero-order valence-corrected chi connectivity index (χ0v) is 71.3. The molecule has 3 fully saturated rings. The topological polar surface area (TPSA) is 706 Å². The predicted molar refractivity (Wildman–Crippen MR) is 451 cm³/mol. The van der Waals surface area contributed by atoms with Crippen LogP contribution < -0.4 is 105 Å². The second-order valence-corrected chi connectivity index (χ2v) is 31.8. The molecule has 31 N–H and O–H groups in total. The first-order valence-electron chi connectivity index (χ1n) is 42.1. The summed E-state index contributed by atoms with van der Waals surface area (Å²) in [6.07, 6.45) is 5.72. The van der Waals surface area contributed by atoms with Crippen LogP contribution in [0.2, 0.25) is 0 Å². The lowest BCUT2D eigenvalue weighted by Gasteiger charge is -2.32. The summed E-state index contributed by atoms with van der Waals surface area (Å²) in [6.45, 7) is 12.0. The van der Waals surface area contributed by atoms with E-state index in [1.807, 2.05) is 0 Å². The number of nitrogens with two attached hydrogens (primary N) is 9. The van der Waals surface area contributed by atoms with Crippen LogP contribution in [0, 0.1) is 17.8 Å². The van der Waals surface area contributed by atoms with Crippen LogP contribution in [0.1, 0.15) is 195 Å². The first-order valence-corrected chi connectivity index (χ1v) is 42.1. The fraction of sp³-hybridized carbons (Fsp3) is 0.709. The van der Waals surface area contributed by atoms with Crippen molar-refractivity contribution >= 4 is 101 Å². The number of aromatic hydroxyl groups is 1. The van der Waals surface area contributed by atoms with Crippen LogP contribution in [0.4, 0.5) is 0 Å². The number of hydrogen-bond donors (Lipinski definition) is 22. The summed E-state index contributed by atoms with van der Waals surface area (Å²) < 4.78 is 0. The Morgan fingerprint density at radius 1 is 0.413 bits per heavy atom. The van der Waals surface area contributed by atoms with Crippen molar-refractivity contribution in [3.05, 3.63) is 29.8 Å². The number of nitrogens with one attached hydrogen (secondary N) is 10. The van der Waals surface area contributed by atoms with Crippen molar-refractivity contribution in [1.29, 1.82) is 0 Å². The summed E-state index contributed by atoms with van der Waals surface area (Å²) in [5.74, 6) is -13.8. The van der Waals surface area contributed by atoms with Gasteiger partial charge in [-0.2, -0.15) is 0 Å². The minimum atomic E-state index is -1.45. The maximum Gasteiger partial charge on any atom is 0.326 e. The summed E-state index contributed by atoms with van der Waals surface area (Å²) in [4.78, 5) is 220. The van der Waals surface area contributed by atoms with Crippen molar-refractivity contribution in [3.8, 4) is 5.75 Å². The van der Waals surface area contributed by atoms with Gasteiger partial charge in [0.25, 0.3) is 5.97 Å². The highest BCUT2D eigenvalue weighted by Gasteiger charge is 2.44. The Morgan fingerprint density at radius 2 is 0.744 bits per heavy atom. The number of phenols is 1. The number of aliphatic carboxylic acids is 2. The zero-order valence-electron chi connectivity index (χ0n) is 71.3. The molecule has 42 nitrogen and oxygen atoms in total. The van der Waals surface area contributed by atoms with Gasteiger partial charge in [-0.05, 0) is 196 Å². The smallest absolute Gasteiger partial charge is 0.326 e. The van der Waals surface area contributed by atoms with Crippen LogP contribution in [-0.2, 0) is 78.3 Å². The number of hydrogen-bond acceptors (Lipinski definition) is 23. The highest BCUT2D eigenvalue weighted by atomic mass is 16.4. The molecule has 13 atom stereocenters. The quantitative estimate of drug-likeness (QED) is 0.0166. The molecule has 0 unspecified atom stereocenters. The molecule has 13 amide bonds. The van der Waals surface area contributed by atoms with E-state index in [4.69, 9.17) is 61.5 Å². The van der Waals surface area contributed by atoms with E-state index >= 15 is 4.79 Å². The maximum atomic E-state index is 15.1. The summed E-state index contributed by atoms with van der Waals surface area (Å²) >= 11 is 0. The molecule has 0 saturated carbocycles. The van der Waals surface area contributed by atoms with Crippen LogP contribution >= 0.6 is 0 Å². The normalized spacial score (nSPS) is 17.4. The Hall–Kier alpha value is -10.6. The van der Waals surface area contributed by atoms with Gasteiger partial charge in [0.2, 0.25) is 76.8 Å². The van der Waals surface area contributed by atoms with Crippen molar-refractivity contribution in [1.82, 2.24) is 67.9 Å². The molecule has 0 bridgehead atoms. The number of unbranched alkanes of at least 4 members (excludes halogenated alkanes) is 4. The monoisotopic (exact) mass is 1710 g/mol. The van der Waals surface area contributed by atoms with Gasteiger partial charge in [0.15, 0.2) is 11.9 Å². The Morgan fingerprint density at radius 3 is 1.16 bits per heavy atom. The number of aliphatic imine (C=N–C) groups is 2. The van der Waals surface area contributed by atoms with E-state index in [0.717, 1.165) is 6.92 Å². The molecule has 3 saturated heterocycles. The molecule has 0 spiro atoms. The van der Waals surface area contributed by atoms with E-state index in [2.05, 4.69) is 63.2 Å². The molecular weight excluding hydrogens is 1570 g/mol. The van der Waals surface area contributed by atoms with Crippen molar-refractivity contribution in [2.75, 3.05) is 65.4 Å². The highest BCUT2D eigenvalue weighted by molar-refractivity contribution is 6.00. The second kappa shape index (κ2) is 55.4. The number of carbonyl (C=O) groups excluding carboxylic acids is 13. The number of carbonyl (C=O) groups is 15. The molecule has 0 aliphatic carbocycles. The van der Waals surface area contributed by atoms with Crippen molar-refractivity contribution in [3.63, 3.8) is 0 Å². The first-order chi connectivity index (χ1) is 57.3. The third-order valence-corrected chi connectivity index (χ3v) is 20.8. The zero-order chi connectivity index (χ0) is 90.6. The fourth-order valence-electron chi connectivity index (χ4n) is 14.2. The fourth-order valence-corrected chi connectivity index (χ4v) is 14.2. The molecule has 0 radical (unpaired) electrons. The number of likely N-dealkylation sites (tertiary alicyclic amines) is 3. The van der Waals surface area contributed by atoms with E-state index in [1.54, 1.807) is 53.7 Å². The minimum absolute atomic E-state index is 0.00599. The maximum absolute atomic E-state index is 15.1. The molecule has 1 aromatic rings. The standard InChI is InChI=1S/C77H134N24O16.C2H4O2/c1-44(2)60(97-67(108)56-26-17-39-99(56)72(113)49(82)20-7-11-33-78)69(110)89-43-59(103)90-50(21-8-12-34-79)63(104)91-51(22-9-13-35-80)64(105)92-53(24-15-37-87-76(83)84)65(106)94-54(25-16-38-88-77(85)86)73(114)100-40-18-27-57(100)68(109)98-62(46(5)6)70(111)93-52(23-10-14-36-81)66(107)96-61(45(3)4)71(112)95-55(42-47-29-31-48(102)32-30-47)74(115)101-41-19-28-58(101)75(116)117;1-2(3)4/h29-32,44-46,49-58,60-62,102H,7-28,33-43,78-82H2,1-6H3,(H,89,110)(H,90,103)(H,91,104)(H,92,105)(H,93,111)(H,94,106)(H,95,112)(H,96,107)(H,97,108)(H,98,109)(H,116,117)(H4,83,84,87)(H4,85,86,88);1H3,(H,3,4)/t49-,50-,51-,52-,53-,54-,55-,56-,57-,58-,60-,61-,62-;/m0./s1. The molecule has 4 rings (SSSR count). The van der Waals surface area contributed by atoms with Gasteiger partial charge >= 0.3 is 5.97 Å². The molecule has 42 heteroatoms. The number of carboxylic acids is 2. The molecule has 121 heavy (non-hydrogen) atoms. The minimum Gasteiger partial charge on any atom is -0.508 e. The van der Waals surface area contributed by atoms with Gasteiger partial charge in [0.05, 0.1) is 12.6 Å². The lowest BCUT2D eigenvalue weighted by molar-refractivity contribution is -0.149. The van der Waals surface area contributed by atoms with Gasteiger partial charge in [-0.3, -0.25) is 77.1 Å². The molecule has 3 heterocycles. The molecular formula is C79H138N24O18. The van der Waals surface area contributed by atoms with Crippen LogP contribution in [0.5, 0.6) is 5.75 Å². The first kappa shape index (κ1) is 105. The number of carboxylic acid groups (broad SMARTS) is 2. The summed E-state index contributed by atoms with van der Waals surface area (Å²) in [5, 5.41) is 54.6. The van der Waals surface area contributed by atoms with E-state index in [9.17, 15) is 72.5 Å². The SMILES string of the molecule is CC(=O)O.CC(C)[C@H](NC(=O)[C@H](CCCCN)NC(=O)[C@@H](NC(=O)[C@@H]1CCCN1C(=O)[C@H](CCCN=C(N)N)NC(=O)[C@H](CCCN=C(N)N)NC(=O)[C@H](CCCCN)NC(=O)[C@H](CCCCN)NC(=O)CNC(=O)[C@@H](NC(=O)[C@@H]1CCCN1C(=O)[C@@H](N)CCCCN)C(C)C)C(C)C)C(=O)N[C@@H](Cc1ccc(O)cc1)C(=O)N1CCC[C@H]1C(=O)O. The number of phenolic OH excluding ortho intramolecular Hbond substituents is 1. The number of nitrogens with zero attached hydrogens (tertiary/aromatic N) is 5. The van der Waals surface area contributed by atoms with Crippen LogP contribution in [0.15, 0.2) is 34.3 Å². The van der Waals surface area contributed by atoms with Crippen LogP contribution in [0.25, 0.3) is 0 Å². The highest BCUT2D eigenvalue weighted by Crippen LogP contribution is 2.25. The van der Waals surface area contributed by atoms with Gasteiger partial charge in [0.1, 0.15) is 78.3 Å². The lowest BCUT2D eigenvalue weighted by Crippen LogP contribution is -2.61. The third-order valence-electron chi connectivity index (χ3n) is 20.8. The molecule has 3 aliphatic heterocycles. The molecule has 682 valence electrons. The average molecular weight is 1710 g/mol. The van der Waals surface area contributed by atoms with E-state index < -0.39 is 186 Å². The largest absolute Gasteiger partial charge is 0.508 e. The molecule has 1 aromatic carbocycles. The number of guanidine groups is 2. The van der Waals surface area contributed by atoms with E-state index in [1.165, 1.54) is 26.8 Å². The van der Waals surface area contributed by atoms with Crippen molar-refractivity contribution < 1.29 is 87.2 Å². The van der Waals surface area contributed by atoms with Crippen molar-refractivity contribution in [2.45, 2.75) is 275 Å². The van der Waals surface area contributed by atoms with Crippen LogP contribution in [0.3, 0.4) is 0 Å². The van der Waals surface area contributed by atoms with E-state index in [-0.39, 0.29) is 134 Å². The van der Waals surface area contributed by atoms with Gasteiger partial charge < -0.3 is 135 Å². The summed E-state index contributed by atoms with van der Waals surface area (Å²) in [5.41, 5.74) is 52.6. The van der Waals surface area contributed by atoms with E-state index in [0.29, 0.717) is 102 Å². The number of benzene rings is 1. The Kier molecular flexibility index (Phi) is 47.9. The van der Waals surface area contributed by atoms with Gasteiger partial charge in [-0.25, -0.2) is 4.79 Å². The average Bonchev–Trinajstić information content (AvgIpc) is 1.73. The second-order valence-electron chi connectivity index (χ2n) is 31.8. The Bertz CT molecular complexity index is 3600. The lowest BCUT2D eigenvalue weighted by atomic mass is 9.99. The summed E-state index contributed by atoms with van der Waals surface area (Å²) in [6, 6.07) is -10.1. The third kappa shape index (κ3) is 37.1. The predicted octanol–water partition coefficient (Wildman–Crippen LogP) is -4.52. The van der Waals surface area contributed by atoms with Gasteiger partial charge in [-0.15, -0.1) is 0 Å². The van der Waals surface area contributed by atoms with Crippen LogP contribution in [-0.4, -0.2) is 275 Å². The van der Waals surface area contributed by atoms with Gasteiger partial charge in [0, 0.05) is 46.1 Å². The van der Waals surface area contributed by atoms with Gasteiger partial charge in [-0.1, -0.05) is 60.1 Å². The van der Waals surface area contributed by atoms with Crippen molar-refractivity contribution in [2.24, 2.45) is 79.3 Å².